The van der Waals surface area contributed by atoms with Gasteiger partial charge in [0.15, 0.2) is 27.2 Å². The van der Waals surface area contributed by atoms with Crippen LogP contribution in [0.3, 0.4) is 0 Å². The molecule has 0 amide bonds. The molecule has 1 N–H and O–H groups in total. The van der Waals surface area contributed by atoms with E-state index in [1.807, 2.05) is 30.1 Å². The minimum atomic E-state index is -4.51. The molecule has 3 aromatic rings. The number of imidazole rings is 1. The van der Waals surface area contributed by atoms with Gasteiger partial charge in [-0.2, -0.15) is 13.2 Å². The van der Waals surface area contributed by atoms with Crippen molar-refractivity contribution in [2.45, 2.75) is 24.5 Å². The van der Waals surface area contributed by atoms with Crippen molar-refractivity contribution in [3.8, 4) is 11.4 Å². The molecule has 5 rings (SSSR count). The first-order chi connectivity index (χ1) is 17.4. The average molecular weight is 529 g/mol. The average Bonchev–Trinajstić information content (AvgIpc) is 3.42. The SMILES string of the molecule is Cc1cccc(S(C)(=O)=O)c1C1=NCC2=CNN(Cc3ccc(-c4nc(C(F)(F)F)cn4C)cc3)C2=N1. The predicted octanol–water partition coefficient (Wildman–Crippen LogP) is 3.88. The van der Waals surface area contributed by atoms with E-state index in [4.69, 9.17) is 4.99 Å². The zero-order valence-electron chi connectivity index (χ0n) is 20.2. The number of alkyl halides is 3. The first-order valence-corrected chi connectivity index (χ1v) is 13.2. The summed E-state index contributed by atoms with van der Waals surface area (Å²) in [5.41, 5.74) is 5.78. The minimum Gasteiger partial charge on any atom is -0.333 e. The number of hydrogen-bond acceptors (Lipinski definition) is 7. The van der Waals surface area contributed by atoms with Crippen LogP contribution in [-0.4, -0.2) is 47.4 Å². The summed E-state index contributed by atoms with van der Waals surface area (Å²) in [4.78, 5) is 13.2. The molecule has 2 aliphatic rings. The predicted molar refractivity (Wildman–Crippen MR) is 134 cm³/mol. The van der Waals surface area contributed by atoms with Gasteiger partial charge >= 0.3 is 6.18 Å². The summed E-state index contributed by atoms with van der Waals surface area (Å²) in [6.07, 6.45) is -0.579. The van der Waals surface area contributed by atoms with Gasteiger partial charge in [0.05, 0.1) is 18.0 Å². The van der Waals surface area contributed by atoms with Crippen molar-refractivity contribution in [1.29, 1.82) is 0 Å². The van der Waals surface area contributed by atoms with Gasteiger partial charge < -0.3 is 9.99 Å². The summed E-state index contributed by atoms with van der Waals surface area (Å²) in [5, 5.41) is 1.82. The van der Waals surface area contributed by atoms with E-state index in [1.54, 1.807) is 30.5 Å². The van der Waals surface area contributed by atoms with Gasteiger partial charge in [0.25, 0.3) is 0 Å². The first kappa shape index (κ1) is 24.8. The minimum absolute atomic E-state index is 0.180. The maximum atomic E-state index is 13.0. The molecule has 192 valence electrons. The van der Waals surface area contributed by atoms with Crippen LogP contribution in [-0.2, 0) is 29.6 Å². The molecule has 0 radical (unpaired) electrons. The van der Waals surface area contributed by atoms with Crippen molar-refractivity contribution in [2.75, 3.05) is 12.8 Å². The van der Waals surface area contributed by atoms with Crippen LogP contribution < -0.4 is 5.43 Å². The van der Waals surface area contributed by atoms with E-state index in [0.29, 0.717) is 35.9 Å². The lowest BCUT2D eigenvalue weighted by atomic mass is 10.1. The summed E-state index contributed by atoms with van der Waals surface area (Å²) < 4.78 is 65.2. The van der Waals surface area contributed by atoms with Gasteiger partial charge in [0, 0.05) is 42.4 Å². The molecule has 12 heteroatoms. The van der Waals surface area contributed by atoms with Crippen LogP contribution in [0.25, 0.3) is 11.4 Å². The van der Waals surface area contributed by atoms with Crippen molar-refractivity contribution in [3.63, 3.8) is 0 Å². The van der Waals surface area contributed by atoms with Gasteiger partial charge in [0.2, 0.25) is 0 Å². The Kier molecular flexibility index (Phi) is 5.94. The molecule has 1 aromatic heterocycles. The fraction of sp³-hybridized carbons (Fsp3) is 0.240. The molecule has 2 aliphatic heterocycles. The Morgan fingerprint density at radius 2 is 1.84 bits per heavy atom. The van der Waals surface area contributed by atoms with E-state index in [1.165, 1.54) is 11.6 Å². The van der Waals surface area contributed by atoms with E-state index in [9.17, 15) is 21.6 Å². The van der Waals surface area contributed by atoms with Crippen molar-refractivity contribution in [2.24, 2.45) is 17.0 Å². The number of aromatic nitrogens is 2. The highest BCUT2D eigenvalue weighted by Crippen LogP contribution is 2.31. The third kappa shape index (κ3) is 4.76. The number of nitrogens with one attached hydrogen (secondary N) is 1. The molecule has 0 bridgehead atoms. The zero-order valence-corrected chi connectivity index (χ0v) is 21.0. The van der Waals surface area contributed by atoms with Crippen molar-refractivity contribution < 1.29 is 21.6 Å². The van der Waals surface area contributed by atoms with E-state index < -0.39 is 21.7 Å². The van der Waals surface area contributed by atoms with Crippen LogP contribution >= 0.6 is 0 Å². The molecule has 0 saturated carbocycles. The molecular weight excluding hydrogens is 505 g/mol. The topological polar surface area (TPSA) is 92.0 Å². The Morgan fingerprint density at radius 1 is 1.11 bits per heavy atom. The largest absolute Gasteiger partial charge is 0.434 e. The number of sulfone groups is 1. The summed E-state index contributed by atoms with van der Waals surface area (Å²) in [6.45, 7) is 2.58. The van der Waals surface area contributed by atoms with Crippen molar-refractivity contribution in [3.05, 3.63) is 82.8 Å². The maximum absolute atomic E-state index is 13.0. The molecule has 0 aliphatic carbocycles. The summed E-state index contributed by atoms with van der Waals surface area (Å²) in [6, 6.07) is 12.2. The number of hydrazine groups is 1. The Bertz CT molecular complexity index is 1590. The number of benzene rings is 2. The van der Waals surface area contributed by atoms with Crippen LogP contribution in [0.5, 0.6) is 0 Å². The molecular formula is C25H23F3N6O2S. The van der Waals surface area contributed by atoms with E-state index in [-0.39, 0.29) is 10.7 Å². The van der Waals surface area contributed by atoms with Crippen LogP contribution in [0.2, 0.25) is 0 Å². The highest BCUT2D eigenvalue weighted by atomic mass is 32.2. The molecule has 37 heavy (non-hydrogen) atoms. The highest BCUT2D eigenvalue weighted by molar-refractivity contribution is 7.90. The van der Waals surface area contributed by atoms with Crippen LogP contribution in [0.4, 0.5) is 13.2 Å². The van der Waals surface area contributed by atoms with Gasteiger partial charge in [0.1, 0.15) is 5.82 Å². The molecule has 0 unspecified atom stereocenters. The number of aryl methyl sites for hydroxylation is 2. The summed E-state index contributed by atoms with van der Waals surface area (Å²) in [5.74, 6) is 1.21. The van der Waals surface area contributed by atoms with Gasteiger partial charge in [-0.05, 0) is 24.1 Å². The number of hydrogen-bond donors (Lipinski definition) is 1. The number of nitrogens with zero attached hydrogens (tertiary/aromatic N) is 5. The normalized spacial score (nSPS) is 15.6. The molecule has 0 atom stereocenters. The fourth-order valence-electron chi connectivity index (χ4n) is 4.30. The molecule has 3 heterocycles. The molecule has 8 nitrogen and oxygen atoms in total. The number of amidine groups is 2. The van der Waals surface area contributed by atoms with Gasteiger partial charge in [-0.15, -0.1) is 0 Å². The Hall–Kier alpha value is -3.93. The first-order valence-electron chi connectivity index (χ1n) is 11.3. The second-order valence-corrected chi connectivity index (χ2v) is 10.9. The lowest BCUT2D eigenvalue weighted by molar-refractivity contribution is -0.140. The van der Waals surface area contributed by atoms with Crippen LogP contribution in [0.15, 0.2) is 75.3 Å². The zero-order chi connectivity index (χ0) is 26.5. The number of halogens is 3. The second kappa shape index (κ2) is 8.87. The van der Waals surface area contributed by atoms with Crippen LogP contribution in [0, 0.1) is 6.92 Å². The third-order valence-electron chi connectivity index (χ3n) is 6.13. The van der Waals surface area contributed by atoms with Gasteiger partial charge in [-0.3, -0.25) is 10.0 Å². The van der Waals surface area contributed by atoms with E-state index >= 15 is 0 Å². The molecule has 0 saturated heterocycles. The smallest absolute Gasteiger partial charge is 0.333 e. The summed E-state index contributed by atoms with van der Waals surface area (Å²) in [7, 11) is -1.96. The Balaban J connectivity index is 1.39. The lowest BCUT2D eigenvalue weighted by Gasteiger charge is -2.23. The number of rotatable bonds is 5. The third-order valence-corrected chi connectivity index (χ3v) is 7.26. The number of aliphatic imine (C=N–C) groups is 2. The van der Waals surface area contributed by atoms with Crippen molar-refractivity contribution in [1.82, 2.24) is 20.0 Å². The van der Waals surface area contributed by atoms with Gasteiger partial charge in [-0.1, -0.05) is 36.4 Å². The summed E-state index contributed by atoms with van der Waals surface area (Å²) >= 11 is 0. The standard InChI is InChI=1S/C25H23F3N6O2S/c1-15-5-4-6-19(37(3,35)36)21(15)22-29-11-18-12-30-34(24(18)32-22)13-16-7-9-17(10-8-16)23-31-20(14-33(23)2)25(26,27)28/h4-10,12,14,30H,11,13H2,1-3H3. The molecule has 0 spiro atoms. The Morgan fingerprint density at radius 3 is 2.49 bits per heavy atom. The molecule has 0 fully saturated rings. The quantitative estimate of drug-likeness (QED) is 0.543. The second-order valence-electron chi connectivity index (χ2n) is 8.94. The van der Waals surface area contributed by atoms with E-state index in [0.717, 1.165) is 29.2 Å². The maximum Gasteiger partial charge on any atom is 0.434 e. The lowest BCUT2D eigenvalue weighted by Crippen LogP contribution is -2.36. The monoisotopic (exact) mass is 528 g/mol. The van der Waals surface area contributed by atoms with E-state index in [2.05, 4.69) is 15.4 Å². The van der Waals surface area contributed by atoms with Crippen LogP contribution in [0.1, 0.15) is 22.4 Å². The Labute approximate surface area is 211 Å². The molecule has 2 aromatic carbocycles. The van der Waals surface area contributed by atoms with Gasteiger partial charge in [-0.25, -0.2) is 18.4 Å². The number of fused-ring (bicyclic) bond motifs is 1. The highest BCUT2D eigenvalue weighted by Gasteiger charge is 2.34. The fourth-order valence-corrected chi connectivity index (χ4v) is 5.25. The van der Waals surface area contributed by atoms with Crippen molar-refractivity contribution >= 4 is 21.5 Å².